The van der Waals surface area contributed by atoms with Crippen LogP contribution in [0.5, 0.6) is 0 Å². The predicted octanol–water partition coefficient (Wildman–Crippen LogP) is 32.5. The third kappa shape index (κ3) is 9.64. The van der Waals surface area contributed by atoms with Gasteiger partial charge in [0.15, 0.2) is 0 Å². The fourth-order valence-corrected chi connectivity index (χ4v) is 22.8. The zero-order chi connectivity index (χ0) is 72.5. The minimum absolute atomic E-state index is 1.18. The topological polar surface area (TPSA) is 0 Å². The molecule has 0 saturated heterocycles. The molecular formula is C108H62S3. The summed E-state index contributed by atoms with van der Waals surface area (Å²) < 4.78 is 7.81. The van der Waals surface area contributed by atoms with Gasteiger partial charge in [0.25, 0.3) is 0 Å². The molecule has 0 unspecified atom stereocenters. The Balaban J connectivity index is 0.694. The monoisotopic (exact) mass is 1450 g/mol. The number of thiophene rings is 3. The number of fused-ring (bicyclic) bond motifs is 27. The fourth-order valence-electron chi connectivity index (χ4n) is 18.9. The van der Waals surface area contributed by atoms with Crippen molar-refractivity contribution in [3.63, 3.8) is 0 Å². The molecule has 0 fully saturated rings. The van der Waals surface area contributed by atoms with E-state index in [0.29, 0.717) is 0 Å². The molecule has 0 radical (unpaired) electrons. The van der Waals surface area contributed by atoms with Gasteiger partial charge in [0.05, 0.1) is 0 Å². The van der Waals surface area contributed by atoms with Crippen LogP contribution in [0.3, 0.4) is 0 Å². The molecule has 0 aliphatic carbocycles. The highest BCUT2D eigenvalue weighted by Crippen LogP contribution is 2.53. The summed E-state index contributed by atoms with van der Waals surface area (Å²) in [5.41, 5.74) is 19.4. The second-order valence-electron chi connectivity index (χ2n) is 29.9. The Morgan fingerprint density at radius 1 is 0.117 bits per heavy atom. The lowest BCUT2D eigenvalue weighted by Gasteiger charge is -2.19. The van der Waals surface area contributed by atoms with Gasteiger partial charge in [-0.2, -0.15) is 0 Å². The lowest BCUT2D eigenvalue weighted by molar-refractivity contribution is 1.60. The largest absolute Gasteiger partial charge is 0.135 e. The van der Waals surface area contributed by atoms with Gasteiger partial charge in [-0.1, -0.05) is 322 Å². The second-order valence-corrected chi connectivity index (χ2v) is 33.0. The molecule has 24 rings (SSSR count). The van der Waals surface area contributed by atoms with Crippen LogP contribution < -0.4 is 0 Å². The van der Waals surface area contributed by atoms with Gasteiger partial charge < -0.3 is 0 Å². The molecule has 24 aromatic rings. The van der Waals surface area contributed by atoms with Crippen molar-refractivity contribution >= 4 is 191 Å². The maximum absolute atomic E-state index is 2.53. The first-order valence-electron chi connectivity index (χ1n) is 38.2. The molecule has 0 bridgehead atoms. The first kappa shape index (κ1) is 62.6. The number of benzene rings is 21. The second kappa shape index (κ2) is 24.6. The standard InChI is InChI=1S/C108H62S3/c1-2-20-63(21-3-1)72-34-17-37-92-93-38-19-39-94(107(93)111-106(72)92)99-59-68(66-43-48-82-76-26-5-4-24-74(76)75-25-8-10-30-80(75)96(82)57-66)45-51-86(99)90-54-55-95-89-33-13-15-41-103(89)110-108(95)104(90)71-47-53-83-79-29-9-11-31-81(79)97-58-67(46-52-87(97)98(83)62-71)69-44-50-85-78-28-7-6-27-77(78)84-49-42-65(60-100(84)101(85)61-69)64-22-16-23-70(56-64)73-35-18-36-91-88-32-12-14-40-102(88)109-105(73)91/h1-62H. The van der Waals surface area contributed by atoms with Gasteiger partial charge in [-0.25, -0.2) is 0 Å². The van der Waals surface area contributed by atoms with Crippen LogP contribution in [-0.2, 0) is 0 Å². The Hall–Kier alpha value is -13.4. The normalized spacial score (nSPS) is 12.1. The molecule has 3 aromatic heterocycles. The molecule has 21 aromatic carbocycles. The summed E-state index contributed by atoms with van der Waals surface area (Å²) in [7, 11) is 0. The Morgan fingerprint density at radius 3 is 0.919 bits per heavy atom. The Kier molecular flexibility index (Phi) is 13.9. The van der Waals surface area contributed by atoms with Crippen molar-refractivity contribution in [1.29, 1.82) is 0 Å². The highest BCUT2D eigenvalue weighted by molar-refractivity contribution is 7.27. The summed E-state index contributed by atoms with van der Waals surface area (Å²) in [4.78, 5) is 0. The molecule has 0 nitrogen and oxygen atoms in total. The van der Waals surface area contributed by atoms with Crippen molar-refractivity contribution < 1.29 is 0 Å². The summed E-state index contributed by atoms with van der Waals surface area (Å²) in [6.45, 7) is 0. The molecule has 0 aliphatic heterocycles. The van der Waals surface area contributed by atoms with Crippen molar-refractivity contribution in [2.75, 3.05) is 0 Å². The summed E-state index contributed by atoms with van der Waals surface area (Å²) in [6, 6.07) is 143. The maximum Gasteiger partial charge on any atom is 0.0440 e. The molecule has 0 atom stereocenters. The van der Waals surface area contributed by atoms with Crippen molar-refractivity contribution in [2.45, 2.75) is 0 Å². The lowest BCUT2D eigenvalue weighted by Crippen LogP contribution is -1.92. The van der Waals surface area contributed by atoms with E-state index in [9.17, 15) is 0 Å². The smallest absolute Gasteiger partial charge is 0.0440 e. The zero-order valence-corrected chi connectivity index (χ0v) is 62.5. The van der Waals surface area contributed by atoms with Crippen LogP contribution in [0.15, 0.2) is 376 Å². The van der Waals surface area contributed by atoms with E-state index >= 15 is 0 Å². The first-order valence-corrected chi connectivity index (χ1v) is 40.7. The maximum atomic E-state index is 2.53. The minimum atomic E-state index is 1.18. The van der Waals surface area contributed by atoms with Crippen LogP contribution in [-0.4, -0.2) is 0 Å². The molecule has 111 heavy (non-hydrogen) atoms. The van der Waals surface area contributed by atoms with Crippen LogP contribution in [0.1, 0.15) is 0 Å². The van der Waals surface area contributed by atoms with E-state index in [1.807, 2.05) is 34.0 Å². The van der Waals surface area contributed by atoms with E-state index in [4.69, 9.17) is 0 Å². The Labute approximate surface area is 651 Å². The Bertz CT molecular complexity index is 8110. The van der Waals surface area contributed by atoms with Crippen molar-refractivity contribution in [3.8, 4) is 89.0 Å². The van der Waals surface area contributed by atoms with Gasteiger partial charge >= 0.3 is 0 Å². The zero-order valence-electron chi connectivity index (χ0n) is 60.0. The summed E-state index contributed by atoms with van der Waals surface area (Å²) >= 11 is 5.73. The lowest BCUT2D eigenvalue weighted by atomic mass is 9.85. The molecular weight excluding hydrogens is 1390 g/mol. The van der Waals surface area contributed by atoms with Gasteiger partial charge in [-0.05, 0) is 229 Å². The molecule has 3 heteroatoms. The SMILES string of the molecule is c1ccc(-c2cccc3c2sc2c(-c4cc(-c5ccc6c7ccccc7c7ccccc7c6c5)ccc4-c4ccc5c(sc6ccccc65)c4-c4ccc5c6ccccc6c6cc(-c7ccc8c9ccccc9c9ccc(-c%10cccc(-c%11cccc%12c%11sc%11ccccc%11%12)c%10)cc9c8c7)ccc6c5c4)cccc23)cc1. The quantitative estimate of drug-likeness (QED) is 0.133. The van der Waals surface area contributed by atoms with Crippen LogP contribution in [0.25, 0.3) is 246 Å². The molecule has 512 valence electrons. The highest BCUT2D eigenvalue weighted by Gasteiger charge is 2.25. The predicted molar refractivity (Wildman–Crippen MR) is 486 cm³/mol. The number of rotatable bonds is 8. The van der Waals surface area contributed by atoms with Crippen LogP contribution in [0.2, 0.25) is 0 Å². The average molecular weight is 1460 g/mol. The summed E-state index contributed by atoms with van der Waals surface area (Å²) in [6.07, 6.45) is 0. The van der Waals surface area contributed by atoms with E-state index in [1.165, 1.54) is 246 Å². The first-order chi connectivity index (χ1) is 55.0. The van der Waals surface area contributed by atoms with Gasteiger partial charge in [-0.3, -0.25) is 0 Å². The third-order valence-corrected chi connectivity index (χ3v) is 27.8. The van der Waals surface area contributed by atoms with E-state index in [0.717, 1.165) is 0 Å². The van der Waals surface area contributed by atoms with Crippen LogP contribution in [0.4, 0.5) is 0 Å². The molecule has 0 saturated carbocycles. The van der Waals surface area contributed by atoms with Crippen molar-refractivity contribution in [1.82, 2.24) is 0 Å². The molecule has 0 spiro atoms. The van der Waals surface area contributed by atoms with Crippen LogP contribution >= 0.6 is 34.0 Å². The van der Waals surface area contributed by atoms with E-state index in [-0.39, 0.29) is 0 Å². The average Bonchev–Trinajstić information content (AvgIpc) is 1.66. The number of hydrogen-bond donors (Lipinski definition) is 0. The molecule has 0 aliphatic rings. The van der Waals surface area contributed by atoms with Crippen molar-refractivity contribution in [2.24, 2.45) is 0 Å². The van der Waals surface area contributed by atoms with Gasteiger partial charge in [0, 0.05) is 71.6 Å². The fraction of sp³-hybridized carbons (Fsp3) is 0. The minimum Gasteiger partial charge on any atom is -0.135 e. The Morgan fingerprint density at radius 2 is 0.405 bits per heavy atom. The van der Waals surface area contributed by atoms with Crippen molar-refractivity contribution in [3.05, 3.63) is 376 Å². The molecule has 3 heterocycles. The van der Waals surface area contributed by atoms with Gasteiger partial charge in [0.1, 0.15) is 0 Å². The van der Waals surface area contributed by atoms with Gasteiger partial charge in [-0.15, -0.1) is 34.0 Å². The molecule has 0 N–H and O–H groups in total. The number of hydrogen-bond acceptors (Lipinski definition) is 3. The third-order valence-electron chi connectivity index (χ3n) is 24.0. The van der Waals surface area contributed by atoms with Crippen LogP contribution in [0, 0.1) is 0 Å². The van der Waals surface area contributed by atoms with E-state index in [1.54, 1.807) is 0 Å². The molecule has 0 amide bonds. The van der Waals surface area contributed by atoms with E-state index < -0.39 is 0 Å². The van der Waals surface area contributed by atoms with Gasteiger partial charge in [0.2, 0.25) is 0 Å². The highest BCUT2D eigenvalue weighted by atomic mass is 32.1. The summed E-state index contributed by atoms with van der Waals surface area (Å²) in [5, 5.41) is 30.4. The summed E-state index contributed by atoms with van der Waals surface area (Å²) in [5.74, 6) is 0. The van der Waals surface area contributed by atoms with E-state index in [2.05, 4.69) is 376 Å².